The van der Waals surface area contributed by atoms with Crippen LogP contribution in [0.5, 0.6) is 0 Å². The minimum Gasteiger partial charge on any atom is -0.481 e. The fourth-order valence-electron chi connectivity index (χ4n) is 3.55. The number of hydrogen-bond acceptors (Lipinski definition) is 1. The lowest BCUT2D eigenvalue weighted by Crippen LogP contribution is -2.39. The first kappa shape index (κ1) is 9.04. The van der Waals surface area contributed by atoms with Crippen LogP contribution in [0.2, 0.25) is 0 Å². The average Bonchev–Trinajstić information content (AvgIpc) is 2.53. The molecular weight excluding hydrogens is 164 g/mol. The first-order valence-electron chi connectivity index (χ1n) is 5.14. The highest BCUT2D eigenvalue weighted by Crippen LogP contribution is 2.65. The van der Waals surface area contributed by atoms with Crippen LogP contribution >= 0.6 is 0 Å². The molecule has 1 N–H and O–H groups in total. The summed E-state index contributed by atoms with van der Waals surface area (Å²) in [6.07, 6.45) is 2.93. The quantitative estimate of drug-likeness (QED) is 0.676. The summed E-state index contributed by atoms with van der Waals surface area (Å²) in [6, 6.07) is 0. The van der Waals surface area contributed by atoms with Crippen molar-refractivity contribution in [3.05, 3.63) is 0 Å². The summed E-state index contributed by atoms with van der Waals surface area (Å²) in [5, 5.41) is 9.29. The Bertz CT molecular complexity index is 257. The lowest BCUT2D eigenvalue weighted by molar-refractivity contribution is -0.152. The summed E-state index contributed by atoms with van der Waals surface area (Å²) in [5.41, 5.74) is -0.148. The molecule has 2 aliphatic rings. The van der Waals surface area contributed by atoms with Gasteiger partial charge in [-0.1, -0.05) is 20.8 Å². The number of carbonyl (C=O) groups is 1. The molecule has 2 saturated carbocycles. The number of carboxylic acids is 1. The first-order chi connectivity index (χ1) is 5.91. The molecule has 0 radical (unpaired) electrons. The maximum atomic E-state index is 11.3. The molecule has 0 heterocycles. The largest absolute Gasteiger partial charge is 0.481 e. The zero-order valence-electron chi connectivity index (χ0n) is 8.63. The first-order valence-corrected chi connectivity index (χ1v) is 5.14. The molecule has 0 unspecified atom stereocenters. The van der Waals surface area contributed by atoms with Crippen LogP contribution in [0.4, 0.5) is 0 Å². The van der Waals surface area contributed by atoms with Gasteiger partial charge in [-0.2, -0.15) is 0 Å². The fraction of sp³-hybridized carbons (Fsp3) is 0.909. The molecule has 0 aliphatic heterocycles. The molecule has 0 amide bonds. The van der Waals surface area contributed by atoms with Crippen LogP contribution in [0.25, 0.3) is 0 Å². The number of fused-ring (bicyclic) bond motifs is 2. The van der Waals surface area contributed by atoms with Crippen LogP contribution < -0.4 is 0 Å². The van der Waals surface area contributed by atoms with Crippen LogP contribution in [-0.4, -0.2) is 11.1 Å². The third-order valence-corrected chi connectivity index (χ3v) is 4.97. The van der Waals surface area contributed by atoms with Gasteiger partial charge in [0.05, 0.1) is 5.41 Å². The smallest absolute Gasteiger partial charge is 0.309 e. The SMILES string of the molecule is C[C@@H]1C(C)(C)[C@@H]2CC[C@]1(C(=O)O)C2. The van der Waals surface area contributed by atoms with Gasteiger partial charge in [0.2, 0.25) is 0 Å². The topological polar surface area (TPSA) is 37.3 Å². The summed E-state index contributed by atoms with van der Waals surface area (Å²) in [7, 11) is 0. The molecule has 0 spiro atoms. The van der Waals surface area contributed by atoms with E-state index < -0.39 is 5.97 Å². The monoisotopic (exact) mass is 182 g/mol. The van der Waals surface area contributed by atoms with E-state index in [9.17, 15) is 9.90 Å². The Balaban J connectivity index is 2.40. The third kappa shape index (κ3) is 0.866. The Morgan fingerprint density at radius 3 is 2.38 bits per heavy atom. The van der Waals surface area contributed by atoms with Gasteiger partial charge in [-0.25, -0.2) is 0 Å². The minimum atomic E-state index is -0.562. The molecule has 2 heteroatoms. The minimum absolute atomic E-state index is 0.233. The normalized spacial score (nSPS) is 46.7. The van der Waals surface area contributed by atoms with Gasteiger partial charge in [-0.05, 0) is 36.5 Å². The van der Waals surface area contributed by atoms with Gasteiger partial charge >= 0.3 is 5.97 Å². The van der Waals surface area contributed by atoms with Gasteiger partial charge in [0, 0.05) is 0 Å². The molecule has 2 aliphatic carbocycles. The maximum absolute atomic E-state index is 11.3. The number of hydrogen-bond donors (Lipinski definition) is 1. The Morgan fingerprint density at radius 1 is 1.46 bits per heavy atom. The van der Waals surface area contributed by atoms with Crippen molar-refractivity contribution in [2.45, 2.75) is 40.0 Å². The molecule has 0 aromatic rings. The Morgan fingerprint density at radius 2 is 2.08 bits per heavy atom. The van der Waals surface area contributed by atoms with Gasteiger partial charge in [0.15, 0.2) is 0 Å². The zero-order valence-corrected chi connectivity index (χ0v) is 8.63. The van der Waals surface area contributed by atoms with Crippen molar-refractivity contribution in [3.8, 4) is 0 Å². The van der Waals surface area contributed by atoms with Gasteiger partial charge in [0.1, 0.15) is 0 Å². The molecule has 2 bridgehead atoms. The van der Waals surface area contributed by atoms with Crippen LogP contribution in [0.1, 0.15) is 40.0 Å². The summed E-state index contributed by atoms with van der Waals surface area (Å²) in [6.45, 7) is 6.58. The number of rotatable bonds is 1. The standard InChI is InChI=1S/C11H18O2/c1-7-10(2,3)8-4-5-11(7,6-8)9(12)13/h7-8H,4-6H2,1-3H3,(H,12,13)/t7-,8-,11+/m1/s1. The highest BCUT2D eigenvalue weighted by Gasteiger charge is 2.63. The molecule has 2 fully saturated rings. The van der Waals surface area contributed by atoms with Crippen LogP contribution in [0.3, 0.4) is 0 Å². The van der Waals surface area contributed by atoms with E-state index in [4.69, 9.17) is 0 Å². The zero-order chi connectivity index (χ0) is 9.85. The second-order valence-electron chi connectivity index (χ2n) is 5.44. The maximum Gasteiger partial charge on any atom is 0.309 e. The number of aliphatic carboxylic acids is 1. The molecule has 0 aromatic carbocycles. The molecule has 0 saturated heterocycles. The lowest BCUT2D eigenvalue weighted by Gasteiger charge is -2.39. The van der Waals surface area contributed by atoms with E-state index in [2.05, 4.69) is 20.8 Å². The lowest BCUT2D eigenvalue weighted by atomic mass is 9.64. The summed E-state index contributed by atoms with van der Waals surface area (Å²) < 4.78 is 0. The Hall–Kier alpha value is -0.530. The van der Waals surface area contributed by atoms with Crippen molar-refractivity contribution < 1.29 is 9.90 Å². The van der Waals surface area contributed by atoms with Crippen molar-refractivity contribution in [2.75, 3.05) is 0 Å². The van der Waals surface area contributed by atoms with E-state index >= 15 is 0 Å². The predicted octanol–water partition coefficient (Wildman–Crippen LogP) is 2.53. The Kier molecular flexibility index (Phi) is 1.59. The van der Waals surface area contributed by atoms with Crippen molar-refractivity contribution in [2.24, 2.45) is 22.7 Å². The van der Waals surface area contributed by atoms with E-state index in [-0.39, 0.29) is 10.8 Å². The van der Waals surface area contributed by atoms with Crippen molar-refractivity contribution in [1.29, 1.82) is 0 Å². The average molecular weight is 182 g/mol. The second kappa shape index (κ2) is 2.28. The highest BCUT2D eigenvalue weighted by molar-refractivity contribution is 5.76. The molecule has 0 aromatic heterocycles. The van der Waals surface area contributed by atoms with Crippen molar-refractivity contribution >= 4 is 5.97 Å². The van der Waals surface area contributed by atoms with E-state index in [1.807, 2.05) is 0 Å². The number of carboxylic acid groups (broad SMARTS) is 1. The van der Waals surface area contributed by atoms with E-state index in [0.29, 0.717) is 11.8 Å². The van der Waals surface area contributed by atoms with Crippen LogP contribution in [-0.2, 0) is 4.79 Å². The second-order valence-corrected chi connectivity index (χ2v) is 5.44. The molecule has 2 nitrogen and oxygen atoms in total. The summed E-state index contributed by atoms with van der Waals surface area (Å²) >= 11 is 0. The van der Waals surface area contributed by atoms with Gasteiger partial charge in [-0.15, -0.1) is 0 Å². The molecule has 74 valence electrons. The molecule has 3 atom stereocenters. The van der Waals surface area contributed by atoms with Crippen LogP contribution in [0.15, 0.2) is 0 Å². The third-order valence-electron chi connectivity index (χ3n) is 4.97. The molecular formula is C11H18O2. The van der Waals surface area contributed by atoms with E-state index in [1.54, 1.807) is 0 Å². The molecule has 2 rings (SSSR count). The van der Waals surface area contributed by atoms with Crippen molar-refractivity contribution in [1.82, 2.24) is 0 Å². The Labute approximate surface area is 79.3 Å². The van der Waals surface area contributed by atoms with Gasteiger partial charge < -0.3 is 5.11 Å². The van der Waals surface area contributed by atoms with E-state index in [1.165, 1.54) is 0 Å². The predicted molar refractivity (Wildman–Crippen MR) is 50.4 cm³/mol. The van der Waals surface area contributed by atoms with Crippen molar-refractivity contribution in [3.63, 3.8) is 0 Å². The summed E-state index contributed by atoms with van der Waals surface area (Å²) in [4.78, 5) is 11.3. The fourth-order valence-corrected chi connectivity index (χ4v) is 3.55. The van der Waals surface area contributed by atoms with Gasteiger partial charge in [-0.3, -0.25) is 4.79 Å². The van der Waals surface area contributed by atoms with Crippen LogP contribution in [0, 0.1) is 22.7 Å². The van der Waals surface area contributed by atoms with Gasteiger partial charge in [0.25, 0.3) is 0 Å². The molecule has 13 heavy (non-hydrogen) atoms. The summed E-state index contributed by atoms with van der Waals surface area (Å²) in [5.74, 6) is 0.405. The van der Waals surface area contributed by atoms with E-state index in [0.717, 1.165) is 19.3 Å². The highest BCUT2D eigenvalue weighted by atomic mass is 16.4.